The fourth-order valence-electron chi connectivity index (χ4n) is 1.63. The van der Waals surface area contributed by atoms with Gasteiger partial charge in [-0.25, -0.2) is 18.0 Å². The third kappa shape index (κ3) is 2.20. The minimum Gasteiger partial charge on any atom is -0.478 e. The van der Waals surface area contributed by atoms with Gasteiger partial charge in [0.15, 0.2) is 0 Å². The maximum absolute atomic E-state index is 13.8. The second-order valence-electron chi connectivity index (χ2n) is 3.63. The van der Waals surface area contributed by atoms with Gasteiger partial charge < -0.3 is 5.11 Å². The van der Waals surface area contributed by atoms with Crippen LogP contribution in [0.4, 0.5) is 13.2 Å². The zero-order chi connectivity index (χ0) is 13.3. The zero-order valence-corrected chi connectivity index (χ0v) is 8.95. The molecular formula is C13H7F3O2. The van der Waals surface area contributed by atoms with Crippen molar-refractivity contribution < 1.29 is 23.1 Å². The Kier molecular flexibility index (Phi) is 3.06. The van der Waals surface area contributed by atoms with Crippen molar-refractivity contribution in [2.24, 2.45) is 0 Å². The Balaban J connectivity index is 2.64. The highest BCUT2D eigenvalue weighted by Crippen LogP contribution is 2.26. The van der Waals surface area contributed by atoms with E-state index in [1.807, 2.05) is 0 Å². The molecule has 0 aliphatic carbocycles. The van der Waals surface area contributed by atoms with Crippen LogP contribution in [0.1, 0.15) is 10.4 Å². The van der Waals surface area contributed by atoms with Crippen molar-refractivity contribution in [1.29, 1.82) is 0 Å². The fourth-order valence-corrected chi connectivity index (χ4v) is 1.63. The number of hydrogen-bond donors (Lipinski definition) is 1. The molecule has 0 aliphatic rings. The van der Waals surface area contributed by atoms with Gasteiger partial charge in [-0.1, -0.05) is 12.1 Å². The predicted octanol–water partition coefficient (Wildman–Crippen LogP) is 3.47. The van der Waals surface area contributed by atoms with Crippen LogP contribution in [0.25, 0.3) is 11.1 Å². The summed E-state index contributed by atoms with van der Waals surface area (Å²) in [5.74, 6) is -4.17. The minimum atomic E-state index is -1.44. The lowest BCUT2D eigenvalue weighted by molar-refractivity contribution is 0.0692. The van der Waals surface area contributed by atoms with Crippen LogP contribution in [0.2, 0.25) is 0 Å². The SMILES string of the molecule is O=C(O)c1cccc(-c2cc(F)cc(F)c2)c1F. The largest absolute Gasteiger partial charge is 0.478 e. The molecule has 18 heavy (non-hydrogen) atoms. The Morgan fingerprint density at radius 3 is 2.17 bits per heavy atom. The number of carbonyl (C=O) groups is 1. The van der Waals surface area contributed by atoms with Crippen molar-refractivity contribution in [3.8, 4) is 11.1 Å². The van der Waals surface area contributed by atoms with Crippen LogP contribution >= 0.6 is 0 Å². The molecule has 0 spiro atoms. The maximum Gasteiger partial charge on any atom is 0.338 e. The summed E-state index contributed by atoms with van der Waals surface area (Å²) in [6.45, 7) is 0. The van der Waals surface area contributed by atoms with Crippen LogP contribution in [0.15, 0.2) is 36.4 Å². The molecule has 2 aromatic rings. The van der Waals surface area contributed by atoms with E-state index in [2.05, 4.69) is 0 Å². The molecule has 2 rings (SSSR count). The molecule has 0 saturated carbocycles. The van der Waals surface area contributed by atoms with Gasteiger partial charge in [0.25, 0.3) is 0 Å². The van der Waals surface area contributed by atoms with E-state index < -0.39 is 29.0 Å². The van der Waals surface area contributed by atoms with E-state index in [1.54, 1.807) is 0 Å². The van der Waals surface area contributed by atoms with Crippen molar-refractivity contribution in [1.82, 2.24) is 0 Å². The first kappa shape index (κ1) is 12.2. The van der Waals surface area contributed by atoms with Gasteiger partial charge >= 0.3 is 5.97 Å². The normalized spacial score (nSPS) is 10.4. The van der Waals surface area contributed by atoms with Crippen molar-refractivity contribution >= 4 is 5.97 Å². The summed E-state index contributed by atoms with van der Waals surface area (Å²) in [6.07, 6.45) is 0. The quantitative estimate of drug-likeness (QED) is 0.888. The summed E-state index contributed by atoms with van der Waals surface area (Å²) in [5, 5.41) is 8.76. The Morgan fingerprint density at radius 2 is 1.61 bits per heavy atom. The van der Waals surface area contributed by atoms with E-state index >= 15 is 0 Å². The highest BCUT2D eigenvalue weighted by atomic mass is 19.1. The lowest BCUT2D eigenvalue weighted by Crippen LogP contribution is -2.01. The van der Waals surface area contributed by atoms with E-state index in [1.165, 1.54) is 12.1 Å². The standard InChI is InChI=1S/C13H7F3O2/c14-8-4-7(5-9(15)6-8)10-2-1-3-11(12(10)16)13(17)18/h1-6H,(H,17,18). The monoisotopic (exact) mass is 252 g/mol. The lowest BCUT2D eigenvalue weighted by Gasteiger charge is -2.06. The molecule has 0 saturated heterocycles. The first-order valence-electron chi connectivity index (χ1n) is 4.97. The first-order valence-corrected chi connectivity index (χ1v) is 4.97. The van der Waals surface area contributed by atoms with E-state index in [0.29, 0.717) is 6.07 Å². The Bertz CT molecular complexity index is 603. The molecule has 0 fully saturated rings. The average molecular weight is 252 g/mol. The lowest BCUT2D eigenvalue weighted by atomic mass is 10.0. The van der Waals surface area contributed by atoms with Gasteiger partial charge in [-0.05, 0) is 23.8 Å². The van der Waals surface area contributed by atoms with E-state index in [4.69, 9.17) is 5.11 Å². The Hall–Kier alpha value is -2.30. The number of carboxylic acids is 1. The van der Waals surface area contributed by atoms with Crippen LogP contribution < -0.4 is 0 Å². The van der Waals surface area contributed by atoms with E-state index in [-0.39, 0.29) is 11.1 Å². The minimum absolute atomic E-state index is 0.0481. The molecule has 0 radical (unpaired) electrons. The molecule has 0 unspecified atom stereocenters. The molecule has 0 amide bonds. The number of halogens is 3. The third-order valence-corrected chi connectivity index (χ3v) is 2.40. The summed E-state index contributed by atoms with van der Waals surface area (Å²) in [6, 6.07) is 6.18. The molecule has 2 aromatic carbocycles. The average Bonchev–Trinajstić information content (AvgIpc) is 2.27. The fraction of sp³-hybridized carbons (Fsp3) is 0. The first-order chi connectivity index (χ1) is 8.49. The molecule has 92 valence electrons. The van der Waals surface area contributed by atoms with Crippen LogP contribution in [0.5, 0.6) is 0 Å². The van der Waals surface area contributed by atoms with Crippen molar-refractivity contribution in [2.75, 3.05) is 0 Å². The summed E-state index contributed by atoms with van der Waals surface area (Å²) in [4.78, 5) is 10.8. The number of carboxylic acid groups (broad SMARTS) is 1. The third-order valence-electron chi connectivity index (χ3n) is 2.40. The molecule has 1 N–H and O–H groups in total. The van der Waals surface area contributed by atoms with Crippen molar-refractivity contribution in [2.45, 2.75) is 0 Å². The number of rotatable bonds is 2. The Labute approximate surface area is 100 Å². The van der Waals surface area contributed by atoms with Crippen LogP contribution in [0.3, 0.4) is 0 Å². The van der Waals surface area contributed by atoms with Gasteiger partial charge in [0, 0.05) is 11.6 Å². The molecule has 0 aromatic heterocycles. The smallest absolute Gasteiger partial charge is 0.338 e. The molecule has 0 heterocycles. The highest BCUT2D eigenvalue weighted by molar-refractivity contribution is 5.90. The van der Waals surface area contributed by atoms with E-state index in [0.717, 1.165) is 18.2 Å². The van der Waals surface area contributed by atoms with Crippen LogP contribution in [0, 0.1) is 17.5 Å². The summed E-state index contributed by atoms with van der Waals surface area (Å²) >= 11 is 0. The van der Waals surface area contributed by atoms with Crippen molar-refractivity contribution in [3.05, 3.63) is 59.4 Å². The molecule has 5 heteroatoms. The van der Waals surface area contributed by atoms with Crippen LogP contribution in [-0.2, 0) is 0 Å². The molecule has 2 nitrogen and oxygen atoms in total. The second-order valence-corrected chi connectivity index (χ2v) is 3.63. The van der Waals surface area contributed by atoms with Gasteiger partial charge in [0.05, 0.1) is 5.56 Å². The molecule has 0 atom stereocenters. The number of aromatic carboxylic acids is 1. The topological polar surface area (TPSA) is 37.3 Å². The number of benzene rings is 2. The zero-order valence-electron chi connectivity index (χ0n) is 8.95. The van der Waals surface area contributed by atoms with Gasteiger partial charge in [0.2, 0.25) is 0 Å². The maximum atomic E-state index is 13.8. The highest BCUT2D eigenvalue weighted by Gasteiger charge is 2.15. The van der Waals surface area contributed by atoms with Gasteiger partial charge in [-0.3, -0.25) is 0 Å². The van der Waals surface area contributed by atoms with Gasteiger partial charge in [-0.2, -0.15) is 0 Å². The summed E-state index contributed by atoms with van der Waals surface area (Å²) in [5.41, 5.74) is -0.751. The van der Waals surface area contributed by atoms with Gasteiger partial charge in [0.1, 0.15) is 17.5 Å². The molecular weight excluding hydrogens is 245 g/mol. The second kappa shape index (κ2) is 4.52. The molecule has 0 aliphatic heterocycles. The Morgan fingerprint density at radius 1 is 1.00 bits per heavy atom. The van der Waals surface area contributed by atoms with E-state index in [9.17, 15) is 18.0 Å². The van der Waals surface area contributed by atoms with Crippen LogP contribution in [-0.4, -0.2) is 11.1 Å². The number of hydrogen-bond acceptors (Lipinski definition) is 1. The van der Waals surface area contributed by atoms with Crippen molar-refractivity contribution in [3.63, 3.8) is 0 Å². The predicted molar refractivity (Wildman–Crippen MR) is 58.7 cm³/mol. The summed E-state index contributed by atoms with van der Waals surface area (Å²) < 4.78 is 39.9. The summed E-state index contributed by atoms with van der Waals surface area (Å²) in [7, 11) is 0. The molecule has 0 bridgehead atoms. The van der Waals surface area contributed by atoms with Gasteiger partial charge in [-0.15, -0.1) is 0 Å².